The highest BCUT2D eigenvalue weighted by atomic mass is 79.9. The molecule has 24 heavy (non-hydrogen) atoms. The first kappa shape index (κ1) is 19.6. The molecule has 1 aromatic carbocycles. The van der Waals surface area contributed by atoms with Crippen LogP contribution >= 0.6 is 31.9 Å². The van der Waals surface area contributed by atoms with Crippen LogP contribution in [-0.4, -0.2) is 38.7 Å². The van der Waals surface area contributed by atoms with Gasteiger partial charge >= 0.3 is 6.09 Å². The maximum atomic E-state index is 12.6. The number of carbonyl (C=O) groups is 1. The van der Waals surface area contributed by atoms with Crippen molar-refractivity contribution in [1.82, 2.24) is 10.0 Å². The van der Waals surface area contributed by atoms with Crippen molar-refractivity contribution in [2.24, 2.45) is 5.73 Å². The largest absolute Gasteiger partial charge is 0.442 e. The Bertz CT molecular complexity index is 740. The minimum atomic E-state index is -3.69. The molecule has 0 spiro atoms. The van der Waals surface area contributed by atoms with Gasteiger partial charge in [0.25, 0.3) is 0 Å². The summed E-state index contributed by atoms with van der Waals surface area (Å²) in [5, 5.41) is 3.17. The van der Waals surface area contributed by atoms with Crippen LogP contribution in [-0.2, 0) is 14.8 Å². The molecule has 134 valence electrons. The lowest BCUT2D eigenvalue weighted by Gasteiger charge is -2.30. The molecular formula is C14H19Br2N3O4S. The van der Waals surface area contributed by atoms with Crippen molar-refractivity contribution >= 4 is 48.0 Å². The highest BCUT2D eigenvalue weighted by Gasteiger charge is 2.39. The molecule has 1 saturated heterocycles. The van der Waals surface area contributed by atoms with Crippen molar-refractivity contribution in [3.05, 3.63) is 27.1 Å². The third kappa shape index (κ3) is 4.69. The first-order valence-electron chi connectivity index (χ1n) is 7.20. The number of nitrogens with two attached hydrogens (primary N) is 1. The standard InChI is InChI=1S/C14H19Br2N3O4S/c1-14(2,23-13(17)20)12-6-9(7-18-12)19-24(21,22)11-5-8(15)3-4-10(11)16/h3-5,9,12,18-19H,6-7H2,1-2H3,(H2,17,20)/t9-,12-/m1/s1. The number of amides is 1. The lowest BCUT2D eigenvalue weighted by molar-refractivity contribution is 0.0199. The van der Waals surface area contributed by atoms with E-state index in [-0.39, 0.29) is 17.0 Å². The van der Waals surface area contributed by atoms with Crippen molar-refractivity contribution in [2.45, 2.75) is 42.8 Å². The summed E-state index contributed by atoms with van der Waals surface area (Å²) >= 11 is 6.53. The first-order chi connectivity index (χ1) is 11.0. The number of ether oxygens (including phenoxy) is 1. The van der Waals surface area contributed by atoms with E-state index in [4.69, 9.17) is 10.5 Å². The third-order valence-corrected chi connectivity index (χ3v) is 6.85. The van der Waals surface area contributed by atoms with Crippen LogP contribution in [0.2, 0.25) is 0 Å². The third-order valence-electron chi connectivity index (χ3n) is 3.84. The topological polar surface area (TPSA) is 111 Å². The predicted molar refractivity (Wildman–Crippen MR) is 97.1 cm³/mol. The molecule has 0 unspecified atom stereocenters. The Balaban J connectivity index is 2.10. The molecule has 4 N–H and O–H groups in total. The monoisotopic (exact) mass is 483 g/mol. The van der Waals surface area contributed by atoms with E-state index in [1.54, 1.807) is 26.0 Å². The molecule has 1 fully saturated rings. The molecule has 0 saturated carbocycles. The number of hydrogen-bond acceptors (Lipinski definition) is 5. The number of hydrogen-bond donors (Lipinski definition) is 3. The summed E-state index contributed by atoms with van der Waals surface area (Å²) in [6.45, 7) is 3.90. The molecule has 10 heteroatoms. The summed E-state index contributed by atoms with van der Waals surface area (Å²) in [7, 11) is -3.69. The minimum absolute atomic E-state index is 0.160. The van der Waals surface area contributed by atoms with Crippen LogP contribution in [0.5, 0.6) is 0 Å². The molecule has 2 atom stereocenters. The van der Waals surface area contributed by atoms with Crippen molar-refractivity contribution in [1.29, 1.82) is 0 Å². The molecule has 0 aromatic heterocycles. The van der Waals surface area contributed by atoms with E-state index in [1.807, 2.05) is 0 Å². The van der Waals surface area contributed by atoms with E-state index in [1.165, 1.54) is 6.07 Å². The zero-order chi connectivity index (χ0) is 18.1. The number of primary amides is 1. The lowest BCUT2D eigenvalue weighted by atomic mass is 9.96. The number of carbonyl (C=O) groups excluding carboxylic acids is 1. The van der Waals surface area contributed by atoms with Crippen LogP contribution in [0.3, 0.4) is 0 Å². The number of rotatable bonds is 5. The van der Waals surface area contributed by atoms with Gasteiger partial charge in [-0.1, -0.05) is 15.9 Å². The van der Waals surface area contributed by atoms with E-state index in [0.29, 0.717) is 21.9 Å². The van der Waals surface area contributed by atoms with E-state index in [9.17, 15) is 13.2 Å². The van der Waals surface area contributed by atoms with Crippen LogP contribution < -0.4 is 15.8 Å². The Morgan fingerprint density at radius 2 is 2.08 bits per heavy atom. The maximum absolute atomic E-state index is 12.6. The average molecular weight is 485 g/mol. The number of nitrogens with one attached hydrogen (secondary N) is 2. The van der Waals surface area contributed by atoms with Crippen molar-refractivity contribution in [3.63, 3.8) is 0 Å². The number of benzene rings is 1. The molecule has 1 aliphatic heterocycles. The molecule has 0 radical (unpaired) electrons. The zero-order valence-electron chi connectivity index (χ0n) is 13.2. The van der Waals surface area contributed by atoms with Gasteiger partial charge in [-0.2, -0.15) is 0 Å². The summed E-state index contributed by atoms with van der Waals surface area (Å²) in [5.74, 6) is 0. The molecule has 0 aliphatic carbocycles. The van der Waals surface area contributed by atoms with Crippen molar-refractivity contribution < 1.29 is 17.9 Å². The van der Waals surface area contributed by atoms with Gasteiger partial charge in [-0.25, -0.2) is 17.9 Å². The van der Waals surface area contributed by atoms with Gasteiger partial charge in [0.1, 0.15) is 5.60 Å². The summed E-state index contributed by atoms with van der Waals surface area (Å²) < 4.78 is 34.1. The second kappa shape index (κ2) is 7.28. The predicted octanol–water partition coefficient (Wildman–Crippen LogP) is 2.09. The smallest absolute Gasteiger partial charge is 0.405 e. The highest BCUT2D eigenvalue weighted by Crippen LogP contribution is 2.27. The lowest BCUT2D eigenvalue weighted by Crippen LogP contribution is -2.47. The molecular weight excluding hydrogens is 466 g/mol. The van der Waals surface area contributed by atoms with Crippen LogP contribution in [0.1, 0.15) is 20.3 Å². The molecule has 1 amide bonds. The Kier molecular flexibility index (Phi) is 5.96. The van der Waals surface area contributed by atoms with Gasteiger partial charge in [0.2, 0.25) is 10.0 Å². The van der Waals surface area contributed by atoms with E-state index in [0.717, 1.165) is 0 Å². The SMILES string of the molecule is CC(C)(OC(N)=O)[C@H]1C[C@@H](NS(=O)(=O)c2cc(Br)ccc2Br)CN1. The first-order valence-corrected chi connectivity index (χ1v) is 10.3. The Labute approximate surface area is 158 Å². The minimum Gasteiger partial charge on any atom is -0.442 e. The van der Waals surface area contributed by atoms with Gasteiger partial charge < -0.3 is 15.8 Å². The number of sulfonamides is 1. The fraction of sp³-hybridized carbons (Fsp3) is 0.500. The number of halogens is 2. The van der Waals surface area contributed by atoms with Gasteiger partial charge in [0, 0.05) is 27.6 Å². The fourth-order valence-corrected chi connectivity index (χ4v) is 5.40. The van der Waals surface area contributed by atoms with Crippen molar-refractivity contribution in [2.75, 3.05) is 6.54 Å². The van der Waals surface area contributed by atoms with E-state index in [2.05, 4.69) is 41.9 Å². The molecule has 1 aromatic rings. The van der Waals surface area contributed by atoms with E-state index < -0.39 is 21.7 Å². The van der Waals surface area contributed by atoms with E-state index >= 15 is 0 Å². The van der Waals surface area contributed by atoms with Crippen LogP contribution in [0.25, 0.3) is 0 Å². The molecule has 1 heterocycles. The highest BCUT2D eigenvalue weighted by molar-refractivity contribution is 9.11. The Morgan fingerprint density at radius 1 is 1.42 bits per heavy atom. The second-order valence-corrected chi connectivity index (χ2v) is 9.57. The molecule has 0 bridgehead atoms. The zero-order valence-corrected chi connectivity index (χ0v) is 17.2. The van der Waals surface area contributed by atoms with Gasteiger partial charge in [0.15, 0.2) is 0 Å². The summed E-state index contributed by atoms with van der Waals surface area (Å²) in [6.07, 6.45) is -0.380. The Morgan fingerprint density at radius 3 is 2.71 bits per heavy atom. The van der Waals surface area contributed by atoms with Gasteiger partial charge in [0.05, 0.1) is 4.90 Å². The van der Waals surface area contributed by atoms with Gasteiger partial charge in [-0.15, -0.1) is 0 Å². The Hall–Kier alpha value is -0.680. The molecule has 2 rings (SSSR count). The fourth-order valence-electron chi connectivity index (χ4n) is 2.65. The van der Waals surface area contributed by atoms with Crippen molar-refractivity contribution in [3.8, 4) is 0 Å². The molecule has 1 aliphatic rings. The molecule has 7 nitrogen and oxygen atoms in total. The maximum Gasteiger partial charge on any atom is 0.405 e. The second-order valence-electron chi connectivity index (χ2n) is 6.11. The normalized spacial score (nSPS) is 21.7. The summed E-state index contributed by atoms with van der Waals surface area (Å²) in [5.41, 5.74) is 4.25. The summed E-state index contributed by atoms with van der Waals surface area (Å²) in [6, 6.07) is 4.43. The van der Waals surface area contributed by atoms with Crippen LogP contribution in [0.4, 0.5) is 4.79 Å². The quantitative estimate of drug-likeness (QED) is 0.592. The van der Waals surface area contributed by atoms with Gasteiger partial charge in [-0.3, -0.25) is 0 Å². The summed E-state index contributed by atoms with van der Waals surface area (Å²) in [4.78, 5) is 11.1. The van der Waals surface area contributed by atoms with Gasteiger partial charge in [-0.05, 0) is 54.4 Å². The van der Waals surface area contributed by atoms with Crippen LogP contribution in [0, 0.1) is 0 Å². The average Bonchev–Trinajstić information content (AvgIpc) is 2.88. The van der Waals surface area contributed by atoms with Crippen LogP contribution in [0.15, 0.2) is 32.0 Å².